The van der Waals surface area contributed by atoms with Crippen LogP contribution < -0.4 is 5.32 Å². The van der Waals surface area contributed by atoms with Gasteiger partial charge in [0.25, 0.3) is 5.91 Å². The van der Waals surface area contributed by atoms with Gasteiger partial charge in [-0.25, -0.2) is 4.98 Å². The van der Waals surface area contributed by atoms with Crippen molar-refractivity contribution in [3.8, 4) is 0 Å². The Bertz CT molecular complexity index is 984. The molecule has 2 aromatic carbocycles. The third-order valence-corrected chi connectivity index (χ3v) is 4.68. The molecule has 0 unspecified atom stereocenters. The monoisotopic (exact) mass is 334 g/mol. The van der Waals surface area contributed by atoms with Gasteiger partial charge < -0.3 is 4.42 Å². The third-order valence-electron chi connectivity index (χ3n) is 3.76. The number of thiazole rings is 1. The van der Waals surface area contributed by atoms with E-state index in [9.17, 15) is 4.79 Å². The highest BCUT2D eigenvalue weighted by Crippen LogP contribution is 2.25. The summed E-state index contributed by atoms with van der Waals surface area (Å²) in [7, 11) is 0. The van der Waals surface area contributed by atoms with Crippen molar-refractivity contribution < 1.29 is 9.21 Å². The molecule has 24 heavy (non-hydrogen) atoms. The van der Waals surface area contributed by atoms with E-state index in [4.69, 9.17) is 4.42 Å². The average Bonchev–Trinajstić information content (AvgIpc) is 3.27. The van der Waals surface area contributed by atoms with Crippen LogP contribution in [-0.4, -0.2) is 10.9 Å². The van der Waals surface area contributed by atoms with E-state index < -0.39 is 0 Å². The fraction of sp³-hybridized carbons (Fsp3) is 0.0526. The van der Waals surface area contributed by atoms with Crippen molar-refractivity contribution >= 4 is 33.1 Å². The summed E-state index contributed by atoms with van der Waals surface area (Å²) in [6.45, 7) is 0. The molecule has 0 aliphatic carbocycles. The highest BCUT2D eigenvalue weighted by atomic mass is 32.1. The second-order valence-corrected chi connectivity index (χ2v) is 6.49. The lowest BCUT2D eigenvalue weighted by atomic mass is 10.0. The van der Waals surface area contributed by atoms with Gasteiger partial charge in [-0.2, -0.15) is 0 Å². The lowest BCUT2D eigenvalue weighted by molar-refractivity contribution is 0.0996. The van der Waals surface area contributed by atoms with Crippen molar-refractivity contribution in [2.45, 2.75) is 6.42 Å². The molecule has 0 aliphatic heterocycles. The molecule has 0 atom stereocenters. The van der Waals surface area contributed by atoms with Gasteiger partial charge in [0.2, 0.25) is 0 Å². The first-order chi connectivity index (χ1) is 11.8. The molecule has 0 bridgehead atoms. The van der Waals surface area contributed by atoms with Gasteiger partial charge in [0.1, 0.15) is 0 Å². The van der Waals surface area contributed by atoms with Crippen molar-refractivity contribution in [3.63, 3.8) is 0 Å². The number of furan rings is 1. The Morgan fingerprint density at radius 3 is 2.83 bits per heavy atom. The van der Waals surface area contributed by atoms with Crippen molar-refractivity contribution in [3.05, 3.63) is 83.3 Å². The molecule has 0 radical (unpaired) electrons. The van der Waals surface area contributed by atoms with Gasteiger partial charge in [0.15, 0.2) is 10.9 Å². The molecule has 0 saturated heterocycles. The van der Waals surface area contributed by atoms with Crippen LogP contribution in [0.25, 0.3) is 10.8 Å². The Labute approximate surface area is 142 Å². The summed E-state index contributed by atoms with van der Waals surface area (Å²) in [6.07, 6.45) is 4.07. The van der Waals surface area contributed by atoms with E-state index in [1.165, 1.54) is 33.9 Å². The average molecular weight is 334 g/mol. The van der Waals surface area contributed by atoms with E-state index in [0.717, 1.165) is 11.3 Å². The topological polar surface area (TPSA) is 55.1 Å². The predicted octanol–water partition coefficient (Wildman–Crippen LogP) is 4.73. The van der Waals surface area contributed by atoms with Crippen LogP contribution in [0.15, 0.2) is 71.5 Å². The molecular formula is C19H14N2O2S. The van der Waals surface area contributed by atoms with Crippen LogP contribution in [0.1, 0.15) is 21.0 Å². The summed E-state index contributed by atoms with van der Waals surface area (Å²) in [5.41, 5.74) is 1.25. The number of amides is 1. The highest BCUT2D eigenvalue weighted by Gasteiger charge is 2.12. The van der Waals surface area contributed by atoms with Gasteiger partial charge in [0, 0.05) is 17.5 Å². The van der Waals surface area contributed by atoms with Crippen LogP contribution >= 0.6 is 11.3 Å². The quantitative estimate of drug-likeness (QED) is 0.587. The number of carbonyl (C=O) groups is 1. The molecule has 118 valence electrons. The smallest absolute Gasteiger partial charge is 0.293 e. The van der Waals surface area contributed by atoms with Crippen LogP contribution in [-0.2, 0) is 6.42 Å². The number of fused-ring (bicyclic) bond motifs is 1. The number of nitrogens with one attached hydrogen (secondary N) is 1. The molecule has 1 amide bonds. The normalized spacial score (nSPS) is 10.8. The minimum absolute atomic E-state index is 0.279. The summed E-state index contributed by atoms with van der Waals surface area (Å²) in [5.74, 6) is -0.00753. The first kappa shape index (κ1) is 14.7. The van der Waals surface area contributed by atoms with E-state index >= 15 is 0 Å². The first-order valence-electron chi connectivity index (χ1n) is 7.56. The van der Waals surface area contributed by atoms with Crippen LogP contribution in [0.4, 0.5) is 5.13 Å². The van der Waals surface area contributed by atoms with Gasteiger partial charge >= 0.3 is 0 Å². The second-order valence-electron chi connectivity index (χ2n) is 5.38. The molecule has 4 rings (SSSR count). The molecule has 4 nitrogen and oxygen atoms in total. The highest BCUT2D eigenvalue weighted by molar-refractivity contribution is 7.15. The van der Waals surface area contributed by atoms with Gasteiger partial charge in [-0.05, 0) is 28.5 Å². The Kier molecular flexibility index (Phi) is 3.84. The molecule has 0 fully saturated rings. The van der Waals surface area contributed by atoms with Crippen molar-refractivity contribution in [1.82, 2.24) is 4.98 Å². The molecule has 0 spiro atoms. The summed E-state index contributed by atoms with van der Waals surface area (Å²) in [6, 6.07) is 17.9. The van der Waals surface area contributed by atoms with Gasteiger partial charge in [0.05, 0.1) is 6.26 Å². The van der Waals surface area contributed by atoms with E-state index in [2.05, 4.69) is 40.6 Å². The SMILES string of the molecule is O=C(Nc1ncc(Cc2cccc3ccccc23)s1)c1ccco1. The second kappa shape index (κ2) is 6.29. The molecule has 0 saturated carbocycles. The maximum Gasteiger partial charge on any atom is 0.293 e. The Balaban J connectivity index is 1.54. The van der Waals surface area contributed by atoms with Crippen molar-refractivity contribution in [2.75, 3.05) is 5.32 Å². The van der Waals surface area contributed by atoms with Crippen molar-refractivity contribution in [1.29, 1.82) is 0 Å². The van der Waals surface area contributed by atoms with Crippen molar-refractivity contribution in [2.24, 2.45) is 0 Å². The summed E-state index contributed by atoms with van der Waals surface area (Å²) >= 11 is 1.48. The Hall–Kier alpha value is -2.92. The summed E-state index contributed by atoms with van der Waals surface area (Å²) < 4.78 is 5.08. The molecular weight excluding hydrogens is 320 g/mol. The lowest BCUT2D eigenvalue weighted by Crippen LogP contribution is -2.10. The van der Waals surface area contributed by atoms with Gasteiger partial charge in [-0.3, -0.25) is 10.1 Å². The number of benzene rings is 2. The number of carbonyl (C=O) groups excluding carboxylic acids is 1. The first-order valence-corrected chi connectivity index (χ1v) is 8.37. The van der Waals surface area contributed by atoms with E-state index in [0.29, 0.717) is 5.13 Å². The Morgan fingerprint density at radius 1 is 1.08 bits per heavy atom. The largest absolute Gasteiger partial charge is 0.459 e. The molecule has 4 aromatic rings. The predicted molar refractivity (Wildman–Crippen MR) is 95.5 cm³/mol. The zero-order valence-corrected chi connectivity index (χ0v) is 13.5. The number of rotatable bonds is 4. The van der Waals surface area contributed by atoms with E-state index in [-0.39, 0.29) is 11.7 Å². The van der Waals surface area contributed by atoms with E-state index in [1.54, 1.807) is 12.1 Å². The number of nitrogens with zero attached hydrogens (tertiary/aromatic N) is 1. The van der Waals surface area contributed by atoms with E-state index in [1.807, 2.05) is 18.3 Å². The molecule has 5 heteroatoms. The van der Waals surface area contributed by atoms with Crippen LogP contribution in [0.5, 0.6) is 0 Å². The molecule has 2 aromatic heterocycles. The Morgan fingerprint density at radius 2 is 1.96 bits per heavy atom. The molecule has 0 aliphatic rings. The number of anilines is 1. The number of aromatic nitrogens is 1. The minimum atomic E-state index is -0.286. The zero-order chi connectivity index (χ0) is 16.4. The lowest BCUT2D eigenvalue weighted by Gasteiger charge is -2.04. The molecule has 2 heterocycles. The maximum atomic E-state index is 12.0. The summed E-state index contributed by atoms with van der Waals surface area (Å²) in [5, 5.41) is 5.81. The fourth-order valence-electron chi connectivity index (χ4n) is 2.65. The number of hydrogen-bond donors (Lipinski definition) is 1. The minimum Gasteiger partial charge on any atom is -0.459 e. The van der Waals surface area contributed by atoms with Crippen LogP contribution in [0, 0.1) is 0 Å². The third kappa shape index (κ3) is 2.94. The van der Waals surface area contributed by atoms with Crippen LogP contribution in [0.2, 0.25) is 0 Å². The van der Waals surface area contributed by atoms with Crippen LogP contribution in [0.3, 0.4) is 0 Å². The summed E-state index contributed by atoms with van der Waals surface area (Å²) in [4.78, 5) is 17.4. The number of hydrogen-bond acceptors (Lipinski definition) is 4. The molecule has 1 N–H and O–H groups in total. The van der Waals surface area contributed by atoms with Gasteiger partial charge in [-0.1, -0.05) is 42.5 Å². The standard InChI is InChI=1S/C19H14N2O2S/c22-18(17-9-4-10-23-17)21-19-20-12-15(24-19)11-14-7-3-6-13-5-1-2-8-16(13)14/h1-10,12H,11H2,(H,20,21,22). The maximum absolute atomic E-state index is 12.0. The fourth-order valence-corrected chi connectivity index (χ4v) is 3.48. The zero-order valence-electron chi connectivity index (χ0n) is 12.7. The van der Waals surface area contributed by atoms with Gasteiger partial charge in [-0.15, -0.1) is 11.3 Å².